The van der Waals surface area contributed by atoms with Crippen LogP contribution in [0.3, 0.4) is 0 Å². The summed E-state index contributed by atoms with van der Waals surface area (Å²) in [6.07, 6.45) is 0. The summed E-state index contributed by atoms with van der Waals surface area (Å²) in [6.45, 7) is 3.69. The van der Waals surface area contributed by atoms with E-state index in [1.807, 2.05) is 13.8 Å². The van der Waals surface area contributed by atoms with Gasteiger partial charge in [0.25, 0.3) is 0 Å². The lowest BCUT2D eigenvalue weighted by atomic mass is 10.2. The highest BCUT2D eigenvalue weighted by Crippen LogP contribution is 2.23. The average Bonchev–Trinajstić information content (AvgIpc) is 2.23. The molecular formula is C12H9BrF2N2. The number of aromatic nitrogens is 2. The Hall–Kier alpha value is -1.36. The molecule has 0 saturated heterocycles. The molecular weight excluding hydrogens is 290 g/mol. The summed E-state index contributed by atoms with van der Waals surface area (Å²) in [5.74, 6) is -0.978. The van der Waals surface area contributed by atoms with Crippen molar-refractivity contribution in [3.05, 3.63) is 45.7 Å². The third kappa shape index (κ3) is 2.49. The Balaban J connectivity index is 2.60. The first-order valence-electron chi connectivity index (χ1n) is 4.94. The van der Waals surface area contributed by atoms with Gasteiger partial charge in [-0.2, -0.15) is 0 Å². The highest BCUT2D eigenvalue weighted by Gasteiger charge is 2.09. The number of hydrogen-bond donors (Lipinski definition) is 0. The lowest BCUT2D eigenvalue weighted by Gasteiger charge is -2.06. The second-order valence-corrected chi connectivity index (χ2v) is 4.46. The van der Waals surface area contributed by atoms with Gasteiger partial charge >= 0.3 is 0 Å². The molecule has 17 heavy (non-hydrogen) atoms. The van der Waals surface area contributed by atoms with E-state index in [0.717, 1.165) is 17.3 Å². The lowest BCUT2D eigenvalue weighted by Crippen LogP contribution is -1.97. The third-order valence-corrected chi connectivity index (χ3v) is 3.22. The van der Waals surface area contributed by atoms with Crippen LogP contribution in [0.5, 0.6) is 0 Å². The zero-order valence-corrected chi connectivity index (χ0v) is 10.8. The minimum atomic E-state index is -0.641. The highest BCUT2D eigenvalue weighted by molar-refractivity contribution is 9.10. The Kier molecular flexibility index (Phi) is 3.19. The van der Waals surface area contributed by atoms with Crippen LogP contribution < -0.4 is 0 Å². The van der Waals surface area contributed by atoms with Crippen molar-refractivity contribution >= 4 is 15.9 Å². The third-order valence-electron chi connectivity index (χ3n) is 2.45. The molecule has 5 heteroatoms. The molecule has 88 valence electrons. The summed E-state index contributed by atoms with van der Waals surface area (Å²) in [7, 11) is 0. The molecule has 0 bridgehead atoms. The van der Waals surface area contributed by atoms with Gasteiger partial charge in [-0.15, -0.1) is 0 Å². The van der Waals surface area contributed by atoms with Crippen molar-refractivity contribution in [1.29, 1.82) is 0 Å². The molecule has 2 nitrogen and oxygen atoms in total. The molecule has 0 amide bonds. The second-order valence-electron chi connectivity index (χ2n) is 3.71. The number of halogens is 3. The van der Waals surface area contributed by atoms with E-state index in [2.05, 4.69) is 25.9 Å². The van der Waals surface area contributed by atoms with Crippen LogP contribution >= 0.6 is 15.9 Å². The minimum Gasteiger partial charge on any atom is -0.233 e. The molecule has 0 N–H and O–H groups in total. The van der Waals surface area contributed by atoms with Crippen molar-refractivity contribution in [3.8, 4) is 11.4 Å². The van der Waals surface area contributed by atoms with Gasteiger partial charge in [0, 0.05) is 22.9 Å². The van der Waals surface area contributed by atoms with Crippen molar-refractivity contribution in [2.24, 2.45) is 0 Å². The van der Waals surface area contributed by atoms with Crippen LogP contribution in [-0.2, 0) is 0 Å². The zero-order chi connectivity index (χ0) is 12.6. The van der Waals surface area contributed by atoms with Crippen LogP contribution in [0.1, 0.15) is 11.3 Å². The largest absolute Gasteiger partial charge is 0.233 e. The van der Waals surface area contributed by atoms with Gasteiger partial charge < -0.3 is 0 Å². The van der Waals surface area contributed by atoms with Crippen molar-refractivity contribution in [2.45, 2.75) is 13.8 Å². The monoisotopic (exact) mass is 298 g/mol. The van der Waals surface area contributed by atoms with E-state index in [4.69, 9.17) is 0 Å². The molecule has 0 unspecified atom stereocenters. The fourth-order valence-electron chi connectivity index (χ4n) is 1.41. The van der Waals surface area contributed by atoms with Crippen molar-refractivity contribution in [1.82, 2.24) is 9.97 Å². The maximum absolute atomic E-state index is 13.1. The topological polar surface area (TPSA) is 25.8 Å². The van der Waals surface area contributed by atoms with Crippen molar-refractivity contribution in [2.75, 3.05) is 0 Å². The SMILES string of the molecule is Cc1nc(-c2cc(F)cc(F)c2)nc(Br)c1C. The molecule has 0 fully saturated rings. The Morgan fingerprint density at radius 3 is 2.12 bits per heavy atom. The van der Waals surface area contributed by atoms with E-state index in [9.17, 15) is 8.78 Å². The highest BCUT2D eigenvalue weighted by atomic mass is 79.9. The van der Waals surface area contributed by atoms with Crippen LogP contribution in [0.4, 0.5) is 8.78 Å². The predicted molar refractivity (Wildman–Crippen MR) is 64.6 cm³/mol. The van der Waals surface area contributed by atoms with Gasteiger partial charge in [-0.3, -0.25) is 0 Å². The van der Waals surface area contributed by atoms with Crippen molar-refractivity contribution < 1.29 is 8.78 Å². The van der Waals surface area contributed by atoms with E-state index in [0.29, 0.717) is 16.0 Å². The van der Waals surface area contributed by atoms with Gasteiger partial charge in [0.05, 0.1) is 0 Å². The molecule has 0 spiro atoms. The maximum atomic E-state index is 13.1. The molecule has 1 heterocycles. The maximum Gasteiger partial charge on any atom is 0.160 e. The number of aryl methyl sites for hydroxylation is 1. The molecule has 0 aliphatic rings. The first-order valence-corrected chi connectivity index (χ1v) is 5.74. The van der Waals surface area contributed by atoms with E-state index in [1.54, 1.807) is 0 Å². The molecule has 2 aromatic rings. The molecule has 0 radical (unpaired) electrons. The summed E-state index contributed by atoms with van der Waals surface area (Å²) in [4.78, 5) is 8.37. The fraction of sp³-hybridized carbons (Fsp3) is 0.167. The predicted octanol–water partition coefficient (Wildman–Crippen LogP) is 3.80. The smallest absolute Gasteiger partial charge is 0.160 e. The van der Waals surface area contributed by atoms with Gasteiger partial charge in [-0.25, -0.2) is 18.7 Å². The zero-order valence-electron chi connectivity index (χ0n) is 9.26. The van der Waals surface area contributed by atoms with Crippen LogP contribution in [-0.4, -0.2) is 9.97 Å². The molecule has 1 aromatic heterocycles. The first kappa shape index (κ1) is 12.1. The number of benzene rings is 1. The Bertz CT molecular complexity index is 541. The van der Waals surface area contributed by atoms with Crippen LogP contribution in [0, 0.1) is 25.5 Å². The Morgan fingerprint density at radius 1 is 1.00 bits per heavy atom. The van der Waals surface area contributed by atoms with E-state index in [-0.39, 0.29) is 0 Å². The normalized spacial score (nSPS) is 10.6. The molecule has 0 saturated carbocycles. The van der Waals surface area contributed by atoms with Gasteiger partial charge in [0.2, 0.25) is 0 Å². The standard InChI is InChI=1S/C12H9BrF2N2/c1-6-7(2)16-12(17-11(6)13)8-3-9(14)5-10(15)4-8/h3-5H,1-2H3. The summed E-state index contributed by atoms with van der Waals surface area (Å²) in [5.41, 5.74) is 2.00. The molecule has 1 aromatic carbocycles. The number of nitrogens with zero attached hydrogens (tertiary/aromatic N) is 2. The van der Waals surface area contributed by atoms with Gasteiger partial charge in [0.1, 0.15) is 16.2 Å². The second kappa shape index (κ2) is 4.49. The van der Waals surface area contributed by atoms with Gasteiger partial charge in [0.15, 0.2) is 5.82 Å². The average molecular weight is 299 g/mol. The number of hydrogen-bond acceptors (Lipinski definition) is 2. The summed E-state index contributed by atoms with van der Waals surface area (Å²) in [6, 6.07) is 3.23. The summed E-state index contributed by atoms with van der Waals surface area (Å²) < 4.78 is 26.8. The summed E-state index contributed by atoms with van der Waals surface area (Å²) >= 11 is 3.29. The van der Waals surface area contributed by atoms with Crippen LogP contribution in [0.15, 0.2) is 22.8 Å². The van der Waals surface area contributed by atoms with Crippen LogP contribution in [0.2, 0.25) is 0 Å². The van der Waals surface area contributed by atoms with E-state index < -0.39 is 11.6 Å². The van der Waals surface area contributed by atoms with E-state index in [1.165, 1.54) is 12.1 Å². The first-order chi connectivity index (χ1) is 7.97. The molecule has 0 aliphatic carbocycles. The quantitative estimate of drug-likeness (QED) is 0.748. The van der Waals surface area contributed by atoms with E-state index >= 15 is 0 Å². The van der Waals surface area contributed by atoms with Gasteiger partial charge in [-0.1, -0.05) is 0 Å². The molecule has 0 aliphatic heterocycles. The lowest BCUT2D eigenvalue weighted by molar-refractivity contribution is 0.584. The number of rotatable bonds is 1. The summed E-state index contributed by atoms with van der Waals surface area (Å²) in [5, 5.41) is 0. The molecule has 2 rings (SSSR count). The minimum absolute atomic E-state index is 0.304. The molecule has 0 atom stereocenters. The van der Waals surface area contributed by atoms with Crippen LogP contribution in [0.25, 0.3) is 11.4 Å². The van der Waals surface area contributed by atoms with Gasteiger partial charge in [-0.05, 0) is 41.9 Å². The van der Waals surface area contributed by atoms with Crippen molar-refractivity contribution in [3.63, 3.8) is 0 Å². The fourth-order valence-corrected chi connectivity index (χ4v) is 1.86. The Morgan fingerprint density at radius 2 is 1.59 bits per heavy atom. The Labute approximate surface area is 106 Å².